The van der Waals surface area contributed by atoms with Crippen LogP contribution in [0.5, 0.6) is 23.0 Å². The first-order valence-corrected chi connectivity index (χ1v) is 11.2. The molecule has 1 fully saturated rings. The summed E-state index contributed by atoms with van der Waals surface area (Å²) in [6, 6.07) is 16.8. The summed E-state index contributed by atoms with van der Waals surface area (Å²) < 4.78 is 21.1. The van der Waals surface area contributed by atoms with Crippen molar-refractivity contribution in [2.24, 2.45) is 0 Å². The van der Waals surface area contributed by atoms with E-state index >= 15 is 0 Å². The molecule has 0 bridgehead atoms. The molecule has 1 atom stereocenters. The molecule has 0 aromatic heterocycles. The van der Waals surface area contributed by atoms with Crippen molar-refractivity contribution in [2.45, 2.75) is 13.0 Å². The number of aliphatic hydroxyl groups excluding tert-OH is 1. The van der Waals surface area contributed by atoms with Gasteiger partial charge in [-0.3, -0.25) is 19.3 Å². The number of Topliss-reactive ketones (excluding diaryl/α,β-unsaturated/α-hetero) is 1. The molecule has 9 nitrogen and oxygen atoms in total. The van der Waals surface area contributed by atoms with Crippen LogP contribution in [0, 0.1) is 0 Å². The number of hydrogen-bond acceptors (Lipinski definition) is 8. The maximum absolute atomic E-state index is 13.4. The monoisotopic (exact) mass is 503 g/mol. The maximum atomic E-state index is 13.4. The summed E-state index contributed by atoms with van der Waals surface area (Å²) in [7, 11) is 4.41. The van der Waals surface area contributed by atoms with Crippen LogP contribution in [0.2, 0.25) is 0 Å². The molecule has 1 saturated heterocycles. The zero-order valence-electron chi connectivity index (χ0n) is 20.7. The van der Waals surface area contributed by atoms with Gasteiger partial charge in [0.05, 0.1) is 38.5 Å². The van der Waals surface area contributed by atoms with Crippen LogP contribution in [0.15, 0.2) is 72.3 Å². The van der Waals surface area contributed by atoms with E-state index in [0.29, 0.717) is 28.5 Å². The molecule has 1 heterocycles. The summed E-state index contributed by atoms with van der Waals surface area (Å²) in [5, 5.41) is 11.4. The lowest BCUT2D eigenvalue weighted by Gasteiger charge is -2.26. The summed E-state index contributed by atoms with van der Waals surface area (Å²) >= 11 is 0. The number of nitrogens with zero attached hydrogens (tertiary/aromatic N) is 1. The van der Waals surface area contributed by atoms with Gasteiger partial charge in [0, 0.05) is 24.7 Å². The smallest absolute Gasteiger partial charge is 0.308 e. The van der Waals surface area contributed by atoms with Crippen LogP contribution in [0.1, 0.15) is 24.1 Å². The summed E-state index contributed by atoms with van der Waals surface area (Å²) in [5.74, 6) is -1.05. The van der Waals surface area contributed by atoms with Crippen LogP contribution in [-0.2, 0) is 14.4 Å². The van der Waals surface area contributed by atoms with E-state index in [1.165, 1.54) is 33.2 Å². The van der Waals surface area contributed by atoms with Crippen LogP contribution < -0.4 is 23.8 Å². The van der Waals surface area contributed by atoms with E-state index in [1.807, 2.05) is 0 Å². The molecule has 0 aliphatic carbocycles. The standard InChI is InChI=1S/C28H25NO8/c1-16(30)37-19-10-8-17(9-11-19)25-24(26(31)22-13-12-21(35-3)15-23(22)36-4)27(32)28(33)29(25)18-6-5-7-20(14-18)34-2/h5-15,25,31H,1-4H3/b26-24-. The molecular formula is C28H25NO8. The number of hydrogen-bond donors (Lipinski definition) is 1. The first-order chi connectivity index (χ1) is 17.8. The van der Waals surface area contributed by atoms with E-state index in [1.54, 1.807) is 66.7 Å². The Morgan fingerprint density at radius 3 is 2.11 bits per heavy atom. The average Bonchev–Trinajstić information content (AvgIpc) is 3.18. The Kier molecular flexibility index (Phi) is 7.15. The van der Waals surface area contributed by atoms with Gasteiger partial charge in [-0.05, 0) is 42.0 Å². The van der Waals surface area contributed by atoms with Gasteiger partial charge in [-0.2, -0.15) is 0 Å². The number of ether oxygens (including phenoxy) is 4. The second-order valence-corrected chi connectivity index (χ2v) is 8.10. The Bertz CT molecular complexity index is 1390. The van der Waals surface area contributed by atoms with Crippen molar-refractivity contribution >= 4 is 29.1 Å². The van der Waals surface area contributed by atoms with Crippen LogP contribution >= 0.6 is 0 Å². The number of methoxy groups -OCH3 is 3. The first kappa shape index (κ1) is 25.3. The molecule has 37 heavy (non-hydrogen) atoms. The van der Waals surface area contributed by atoms with E-state index in [2.05, 4.69) is 0 Å². The Hall–Kier alpha value is -4.79. The highest BCUT2D eigenvalue weighted by Crippen LogP contribution is 2.44. The number of benzene rings is 3. The van der Waals surface area contributed by atoms with Gasteiger partial charge in [0.2, 0.25) is 0 Å². The minimum atomic E-state index is -0.995. The summed E-state index contributed by atoms with van der Waals surface area (Å²) in [5.41, 5.74) is 0.994. The van der Waals surface area contributed by atoms with Crippen molar-refractivity contribution in [2.75, 3.05) is 26.2 Å². The Morgan fingerprint density at radius 1 is 0.838 bits per heavy atom. The van der Waals surface area contributed by atoms with Gasteiger partial charge in [0.25, 0.3) is 11.7 Å². The molecule has 0 spiro atoms. The van der Waals surface area contributed by atoms with Crippen molar-refractivity contribution < 1.29 is 38.4 Å². The summed E-state index contributed by atoms with van der Waals surface area (Å²) in [6.07, 6.45) is 0. The molecule has 3 aromatic rings. The Balaban J connectivity index is 1.93. The third-order valence-corrected chi connectivity index (χ3v) is 5.90. The highest BCUT2D eigenvalue weighted by atomic mass is 16.5. The third kappa shape index (κ3) is 4.84. The van der Waals surface area contributed by atoms with Crippen LogP contribution in [-0.4, -0.2) is 44.1 Å². The van der Waals surface area contributed by atoms with Crippen molar-refractivity contribution in [3.63, 3.8) is 0 Å². The lowest BCUT2D eigenvalue weighted by Crippen LogP contribution is -2.29. The quantitative estimate of drug-likeness (QED) is 0.167. The zero-order valence-corrected chi connectivity index (χ0v) is 20.7. The van der Waals surface area contributed by atoms with E-state index in [9.17, 15) is 19.5 Å². The second-order valence-electron chi connectivity index (χ2n) is 8.10. The van der Waals surface area contributed by atoms with E-state index in [-0.39, 0.29) is 16.9 Å². The highest BCUT2D eigenvalue weighted by molar-refractivity contribution is 6.51. The molecule has 1 N–H and O–H groups in total. The Morgan fingerprint density at radius 2 is 1.49 bits per heavy atom. The topological polar surface area (TPSA) is 112 Å². The normalized spacial score (nSPS) is 16.4. The lowest BCUT2D eigenvalue weighted by atomic mass is 9.94. The fourth-order valence-corrected chi connectivity index (χ4v) is 4.20. The fourth-order valence-electron chi connectivity index (χ4n) is 4.20. The molecule has 0 saturated carbocycles. The molecule has 0 radical (unpaired) electrons. The van der Waals surface area contributed by atoms with E-state index in [4.69, 9.17) is 18.9 Å². The number of aliphatic hydroxyl groups is 1. The van der Waals surface area contributed by atoms with Gasteiger partial charge in [0.1, 0.15) is 28.8 Å². The van der Waals surface area contributed by atoms with Crippen molar-refractivity contribution in [1.82, 2.24) is 0 Å². The predicted molar refractivity (Wildman–Crippen MR) is 135 cm³/mol. The van der Waals surface area contributed by atoms with E-state index < -0.39 is 29.5 Å². The second kappa shape index (κ2) is 10.4. The first-order valence-electron chi connectivity index (χ1n) is 11.2. The SMILES string of the molecule is COc1cccc(N2C(=O)C(=O)/C(=C(\O)c3ccc(OC)cc3OC)C2c2ccc(OC(C)=O)cc2)c1. The number of rotatable bonds is 7. The summed E-state index contributed by atoms with van der Waals surface area (Å²) in [4.78, 5) is 39.4. The zero-order chi connectivity index (χ0) is 26.7. The highest BCUT2D eigenvalue weighted by Gasteiger charge is 2.47. The van der Waals surface area contributed by atoms with Gasteiger partial charge in [-0.25, -0.2) is 0 Å². The molecule has 3 aromatic carbocycles. The van der Waals surface area contributed by atoms with Crippen LogP contribution in [0.4, 0.5) is 5.69 Å². The lowest BCUT2D eigenvalue weighted by molar-refractivity contribution is -0.132. The molecule has 190 valence electrons. The van der Waals surface area contributed by atoms with Gasteiger partial charge in [-0.15, -0.1) is 0 Å². The number of amides is 1. The predicted octanol–water partition coefficient (Wildman–Crippen LogP) is 4.26. The number of anilines is 1. The number of esters is 1. The van der Waals surface area contributed by atoms with Crippen molar-refractivity contribution in [3.8, 4) is 23.0 Å². The largest absolute Gasteiger partial charge is 0.507 e. The molecular weight excluding hydrogens is 478 g/mol. The van der Waals surface area contributed by atoms with Crippen LogP contribution in [0.25, 0.3) is 5.76 Å². The van der Waals surface area contributed by atoms with Crippen LogP contribution in [0.3, 0.4) is 0 Å². The number of carbonyl (C=O) groups excluding carboxylic acids is 3. The van der Waals surface area contributed by atoms with Crippen molar-refractivity contribution in [1.29, 1.82) is 0 Å². The molecule has 4 rings (SSSR count). The Labute approximate surface area is 213 Å². The summed E-state index contributed by atoms with van der Waals surface area (Å²) in [6.45, 7) is 1.29. The molecule has 1 unspecified atom stereocenters. The number of carbonyl (C=O) groups is 3. The minimum absolute atomic E-state index is 0.128. The van der Waals surface area contributed by atoms with E-state index in [0.717, 1.165) is 0 Å². The van der Waals surface area contributed by atoms with Crippen molar-refractivity contribution in [3.05, 3.63) is 83.4 Å². The number of ketones is 1. The van der Waals surface area contributed by atoms with Gasteiger partial charge >= 0.3 is 5.97 Å². The van der Waals surface area contributed by atoms with Gasteiger partial charge < -0.3 is 24.1 Å². The maximum Gasteiger partial charge on any atom is 0.308 e. The average molecular weight is 504 g/mol. The molecule has 1 aliphatic rings. The van der Waals surface area contributed by atoms with Gasteiger partial charge in [0.15, 0.2) is 0 Å². The van der Waals surface area contributed by atoms with Gasteiger partial charge in [-0.1, -0.05) is 18.2 Å². The molecule has 1 aliphatic heterocycles. The minimum Gasteiger partial charge on any atom is -0.507 e. The molecule has 9 heteroatoms. The fraction of sp³-hybridized carbons (Fsp3) is 0.179. The third-order valence-electron chi connectivity index (χ3n) is 5.90. The molecule has 1 amide bonds.